The standard InChI is InChI=1S/C24H25ClN2O/c25-23-13-4-2-8-20(23)16-27-14-6-11-21(17-27)24(28)26-15-19-10-5-9-18-7-1-3-12-22(18)19/h1-5,7-10,12-13,21H,6,11,14-17H2,(H,26,28)/t21-/m1/s1. The van der Waals surface area contributed by atoms with Crippen molar-refractivity contribution in [2.75, 3.05) is 13.1 Å². The van der Waals surface area contributed by atoms with E-state index in [1.54, 1.807) is 0 Å². The third-order valence-electron chi connectivity index (χ3n) is 5.56. The molecule has 1 aliphatic heterocycles. The maximum Gasteiger partial charge on any atom is 0.224 e. The monoisotopic (exact) mass is 392 g/mol. The number of amides is 1. The topological polar surface area (TPSA) is 32.3 Å². The van der Waals surface area contributed by atoms with E-state index in [4.69, 9.17) is 11.6 Å². The molecule has 0 unspecified atom stereocenters. The van der Waals surface area contributed by atoms with Crippen LogP contribution in [0, 0.1) is 5.92 Å². The average Bonchev–Trinajstić information content (AvgIpc) is 2.74. The quantitative estimate of drug-likeness (QED) is 0.661. The fourth-order valence-electron chi connectivity index (χ4n) is 4.05. The van der Waals surface area contributed by atoms with Crippen molar-refractivity contribution in [3.8, 4) is 0 Å². The van der Waals surface area contributed by atoms with Crippen LogP contribution < -0.4 is 5.32 Å². The molecule has 1 heterocycles. The summed E-state index contributed by atoms with van der Waals surface area (Å²) in [6.45, 7) is 3.17. The minimum atomic E-state index is 0.0335. The molecule has 4 rings (SSSR count). The van der Waals surface area contributed by atoms with Crippen LogP contribution in [-0.4, -0.2) is 23.9 Å². The summed E-state index contributed by atoms with van der Waals surface area (Å²) in [7, 11) is 0. The average molecular weight is 393 g/mol. The van der Waals surface area contributed by atoms with Gasteiger partial charge in [0.2, 0.25) is 5.91 Å². The van der Waals surface area contributed by atoms with Crippen molar-refractivity contribution < 1.29 is 4.79 Å². The highest BCUT2D eigenvalue weighted by Gasteiger charge is 2.26. The van der Waals surface area contributed by atoms with Crippen LogP contribution in [0.1, 0.15) is 24.0 Å². The predicted molar refractivity (Wildman–Crippen MR) is 115 cm³/mol. The molecule has 1 aliphatic rings. The van der Waals surface area contributed by atoms with Crippen LogP contribution in [-0.2, 0) is 17.9 Å². The largest absolute Gasteiger partial charge is 0.352 e. The molecule has 28 heavy (non-hydrogen) atoms. The Bertz CT molecular complexity index is 966. The molecule has 1 saturated heterocycles. The molecule has 4 heteroatoms. The minimum absolute atomic E-state index is 0.0335. The lowest BCUT2D eigenvalue weighted by Crippen LogP contribution is -2.42. The molecule has 1 N–H and O–H groups in total. The first-order valence-electron chi connectivity index (χ1n) is 9.91. The van der Waals surface area contributed by atoms with Crippen LogP contribution in [0.25, 0.3) is 10.8 Å². The number of halogens is 1. The summed E-state index contributed by atoms with van der Waals surface area (Å²) in [5.74, 6) is 0.183. The van der Waals surface area contributed by atoms with Gasteiger partial charge < -0.3 is 5.32 Å². The molecule has 3 nitrogen and oxygen atoms in total. The number of fused-ring (bicyclic) bond motifs is 1. The normalized spacial score (nSPS) is 17.5. The van der Waals surface area contributed by atoms with E-state index in [0.29, 0.717) is 6.54 Å². The molecule has 0 saturated carbocycles. The lowest BCUT2D eigenvalue weighted by Gasteiger charge is -2.32. The second-order valence-corrected chi connectivity index (χ2v) is 7.93. The van der Waals surface area contributed by atoms with Crippen LogP contribution in [0.5, 0.6) is 0 Å². The summed E-state index contributed by atoms with van der Waals surface area (Å²) < 4.78 is 0. The molecule has 0 aliphatic carbocycles. The first-order valence-corrected chi connectivity index (χ1v) is 10.3. The third kappa shape index (κ3) is 4.37. The molecule has 3 aromatic carbocycles. The van der Waals surface area contributed by atoms with Crippen molar-refractivity contribution in [2.24, 2.45) is 5.92 Å². The molecule has 0 spiro atoms. The van der Waals surface area contributed by atoms with E-state index in [2.05, 4.69) is 46.6 Å². The number of piperidine rings is 1. The van der Waals surface area contributed by atoms with Gasteiger partial charge in [0.05, 0.1) is 5.92 Å². The smallest absolute Gasteiger partial charge is 0.224 e. The Morgan fingerprint density at radius 3 is 2.64 bits per heavy atom. The van der Waals surface area contributed by atoms with Gasteiger partial charge in [0, 0.05) is 24.7 Å². The highest BCUT2D eigenvalue weighted by atomic mass is 35.5. The van der Waals surface area contributed by atoms with Gasteiger partial charge in [0.25, 0.3) is 0 Å². The van der Waals surface area contributed by atoms with Gasteiger partial charge in [-0.1, -0.05) is 72.3 Å². The number of hydrogen-bond donors (Lipinski definition) is 1. The zero-order valence-electron chi connectivity index (χ0n) is 15.9. The van der Waals surface area contributed by atoms with E-state index in [-0.39, 0.29) is 11.8 Å². The Morgan fingerprint density at radius 1 is 1.00 bits per heavy atom. The van der Waals surface area contributed by atoms with Crippen molar-refractivity contribution >= 4 is 28.3 Å². The number of hydrogen-bond acceptors (Lipinski definition) is 2. The molecule has 144 valence electrons. The van der Waals surface area contributed by atoms with Gasteiger partial charge in [-0.3, -0.25) is 9.69 Å². The first kappa shape index (κ1) is 19.0. The summed E-state index contributed by atoms with van der Waals surface area (Å²) >= 11 is 6.30. The Hall–Kier alpha value is -2.36. The number of rotatable bonds is 5. The van der Waals surface area contributed by atoms with E-state index in [1.165, 1.54) is 10.8 Å². The van der Waals surface area contributed by atoms with Crippen LogP contribution in [0.2, 0.25) is 5.02 Å². The minimum Gasteiger partial charge on any atom is -0.352 e. The molecule has 1 amide bonds. The predicted octanol–water partition coefficient (Wildman–Crippen LogP) is 5.02. The van der Waals surface area contributed by atoms with Gasteiger partial charge in [0.15, 0.2) is 0 Å². The van der Waals surface area contributed by atoms with Gasteiger partial charge in [-0.2, -0.15) is 0 Å². The highest BCUT2D eigenvalue weighted by molar-refractivity contribution is 6.31. The van der Waals surface area contributed by atoms with Crippen LogP contribution >= 0.6 is 11.6 Å². The van der Waals surface area contributed by atoms with Gasteiger partial charge in [-0.25, -0.2) is 0 Å². The summed E-state index contributed by atoms with van der Waals surface area (Å²) in [6.07, 6.45) is 1.98. The summed E-state index contributed by atoms with van der Waals surface area (Å²) in [5, 5.41) is 6.37. The lowest BCUT2D eigenvalue weighted by atomic mass is 9.96. The molecule has 1 atom stereocenters. The van der Waals surface area contributed by atoms with E-state index in [0.717, 1.165) is 48.6 Å². The fourth-order valence-corrected chi connectivity index (χ4v) is 4.25. The van der Waals surface area contributed by atoms with Gasteiger partial charge in [-0.05, 0) is 47.4 Å². The van der Waals surface area contributed by atoms with Gasteiger partial charge in [0.1, 0.15) is 0 Å². The van der Waals surface area contributed by atoms with Crippen molar-refractivity contribution in [3.05, 3.63) is 82.9 Å². The molecular formula is C24H25ClN2O. The van der Waals surface area contributed by atoms with Crippen LogP contribution in [0.4, 0.5) is 0 Å². The highest BCUT2D eigenvalue weighted by Crippen LogP contribution is 2.23. The summed E-state index contributed by atoms with van der Waals surface area (Å²) in [5.41, 5.74) is 2.29. The molecule has 0 radical (unpaired) electrons. The number of carbonyl (C=O) groups excluding carboxylic acids is 1. The number of nitrogens with zero attached hydrogens (tertiary/aromatic N) is 1. The third-order valence-corrected chi connectivity index (χ3v) is 5.93. The number of benzene rings is 3. The van der Waals surface area contributed by atoms with Crippen LogP contribution in [0.15, 0.2) is 66.7 Å². The Labute approximate surface area is 171 Å². The Balaban J connectivity index is 1.37. The van der Waals surface area contributed by atoms with Gasteiger partial charge in [-0.15, -0.1) is 0 Å². The summed E-state index contributed by atoms with van der Waals surface area (Å²) in [6, 6.07) is 22.5. The lowest BCUT2D eigenvalue weighted by molar-refractivity contribution is -0.126. The van der Waals surface area contributed by atoms with Gasteiger partial charge >= 0.3 is 0 Å². The van der Waals surface area contributed by atoms with E-state index < -0.39 is 0 Å². The maximum atomic E-state index is 12.8. The molecule has 0 aromatic heterocycles. The number of likely N-dealkylation sites (tertiary alicyclic amines) is 1. The zero-order valence-corrected chi connectivity index (χ0v) is 16.7. The van der Waals surface area contributed by atoms with E-state index in [1.807, 2.05) is 30.3 Å². The molecule has 3 aromatic rings. The van der Waals surface area contributed by atoms with E-state index in [9.17, 15) is 4.79 Å². The second-order valence-electron chi connectivity index (χ2n) is 7.52. The number of nitrogens with one attached hydrogen (secondary N) is 1. The fraction of sp³-hybridized carbons (Fsp3) is 0.292. The van der Waals surface area contributed by atoms with Crippen molar-refractivity contribution in [1.82, 2.24) is 10.2 Å². The molecule has 0 bridgehead atoms. The van der Waals surface area contributed by atoms with Crippen molar-refractivity contribution in [3.63, 3.8) is 0 Å². The SMILES string of the molecule is O=C(NCc1cccc2ccccc12)[C@@H]1CCCN(Cc2ccccc2Cl)C1. The Kier molecular flexibility index (Phi) is 5.94. The maximum absolute atomic E-state index is 12.8. The van der Waals surface area contributed by atoms with Crippen LogP contribution in [0.3, 0.4) is 0 Å². The van der Waals surface area contributed by atoms with Crippen molar-refractivity contribution in [2.45, 2.75) is 25.9 Å². The number of carbonyl (C=O) groups is 1. The van der Waals surface area contributed by atoms with Crippen molar-refractivity contribution in [1.29, 1.82) is 0 Å². The summed E-state index contributed by atoms with van der Waals surface area (Å²) in [4.78, 5) is 15.1. The molecular weight excluding hydrogens is 368 g/mol. The molecule has 1 fully saturated rings. The Morgan fingerprint density at radius 2 is 1.75 bits per heavy atom. The zero-order chi connectivity index (χ0) is 19.3. The second kappa shape index (κ2) is 8.76. The first-order chi connectivity index (χ1) is 13.7. The van der Waals surface area contributed by atoms with E-state index >= 15 is 0 Å².